The minimum absolute atomic E-state index is 0.0337. The van der Waals surface area contributed by atoms with Gasteiger partial charge in [-0.3, -0.25) is 4.79 Å². The molecule has 2 aromatic carbocycles. The van der Waals surface area contributed by atoms with Crippen molar-refractivity contribution in [3.8, 4) is 0 Å². The molecular formula is C28H29F6NO2. The normalized spacial score (nSPS) is 23.2. The van der Waals surface area contributed by atoms with Gasteiger partial charge in [0.05, 0.1) is 23.3 Å². The number of hydrogen-bond donors (Lipinski definition) is 0. The van der Waals surface area contributed by atoms with Crippen LogP contribution in [0.25, 0.3) is 0 Å². The van der Waals surface area contributed by atoms with E-state index in [2.05, 4.69) is 4.90 Å². The Hall–Kier alpha value is -2.81. The summed E-state index contributed by atoms with van der Waals surface area (Å²) in [7, 11) is 0. The minimum Gasteiger partial charge on any atom is -0.371 e. The van der Waals surface area contributed by atoms with E-state index in [9.17, 15) is 31.1 Å². The van der Waals surface area contributed by atoms with E-state index in [0.717, 1.165) is 11.3 Å². The number of nitrogens with zero attached hydrogens (tertiary/aromatic N) is 1. The van der Waals surface area contributed by atoms with E-state index < -0.39 is 41.1 Å². The maximum Gasteiger partial charge on any atom is 0.416 e. The second kappa shape index (κ2) is 9.82. The summed E-state index contributed by atoms with van der Waals surface area (Å²) < 4.78 is 86.5. The molecule has 0 N–H and O–H groups in total. The Morgan fingerprint density at radius 3 is 2.08 bits per heavy atom. The molecule has 0 amide bonds. The Morgan fingerprint density at radius 1 is 0.946 bits per heavy atom. The molecule has 1 aliphatic carbocycles. The second-order valence-corrected chi connectivity index (χ2v) is 10.5. The van der Waals surface area contributed by atoms with Gasteiger partial charge in [-0.2, -0.15) is 26.3 Å². The summed E-state index contributed by atoms with van der Waals surface area (Å²) in [5.41, 5.74) is -1.54. The van der Waals surface area contributed by atoms with Gasteiger partial charge in [-0.25, -0.2) is 0 Å². The number of carbonyl (C=O) groups is 1. The van der Waals surface area contributed by atoms with Crippen LogP contribution in [0.1, 0.15) is 67.9 Å². The van der Waals surface area contributed by atoms with Crippen molar-refractivity contribution in [3.05, 3.63) is 82.6 Å². The van der Waals surface area contributed by atoms with Gasteiger partial charge < -0.3 is 9.64 Å². The lowest BCUT2D eigenvalue weighted by Gasteiger charge is -2.31. The van der Waals surface area contributed by atoms with Crippen LogP contribution in [-0.2, 0) is 21.9 Å². The molecule has 1 heterocycles. The van der Waals surface area contributed by atoms with Gasteiger partial charge in [-0.15, -0.1) is 0 Å². The first kappa shape index (κ1) is 27.2. The Kier molecular flexibility index (Phi) is 7.22. The van der Waals surface area contributed by atoms with E-state index in [1.165, 1.54) is 6.92 Å². The molecule has 1 aliphatic heterocycles. The van der Waals surface area contributed by atoms with Crippen LogP contribution in [0, 0.1) is 5.41 Å². The molecule has 0 unspecified atom stereocenters. The Bertz CT molecular complexity index is 1140. The Morgan fingerprint density at radius 2 is 1.54 bits per heavy atom. The summed E-state index contributed by atoms with van der Waals surface area (Å²) in [6.45, 7) is 6.16. The van der Waals surface area contributed by atoms with Crippen molar-refractivity contribution < 1.29 is 35.9 Å². The highest BCUT2D eigenvalue weighted by atomic mass is 19.4. The van der Waals surface area contributed by atoms with Crippen LogP contribution in [0.5, 0.6) is 0 Å². The van der Waals surface area contributed by atoms with Crippen molar-refractivity contribution in [2.24, 2.45) is 5.41 Å². The summed E-state index contributed by atoms with van der Waals surface area (Å²) in [6, 6.07) is 11.0. The predicted molar refractivity (Wildman–Crippen MR) is 127 cm³/mol. The zero-order valence-corrected chi connectivity index (χ0v) is 20.8. The molecule has 9 heteroatoms. The molecule has 1 saturated heterocycles. The first-order chi connectivity index (χ1) is 17.1. The third-order valence-electron chi connectivity index (χ3n) is 7.33. The molecule has 3 nitrogen and oxygen atoms in total. The number of carbonyl (C=O) groups excluding carboxylic acids is 1. The van der Waals surface area contributed by atoms with E-state index in [0.29, 0.717) is 38.1 Å². The molecule has 200 valence electrons. The molecule has 0 bridgehead atoms. The highest BCUT2D eigenvalue weighted by Gasteiger charge is 2.41. The number of benzene rings is 2. The average Bonchev–Trinajstić information content (AvgIpc) is 3.23. The molecule has 0 saturated carbocycles. The molecule has 3 atom stereocenters. The van der Waals surface area contributed by atoms with Crippen LogP contribution in [0.3, 0.4) is 0 Å². The summed E-state index contributed by atoms with van der Waals surface area (Å²) >= 11 is 0. The van der Waals surface area contributed by atoms with E-state index in [-0.39, 0.29) is 23.3 Å². The third-order valence-corrected chi connectivity index (χ3v) is 7.33. The fourth-order valence-electron chi connectivity index (χ4n) is 4.95. The predicted octanol–water partition coefficient (Wildman–Crippen LogP) is 7.54. The quantitative estimate of drug-likeness (QED) is 0.378. The van der Waals surface area contributed by atoms with Crippen LogP contribution < -0.4 is 0 Å². The lowest BCUT2D eigenvalue weighted by molar-refractivity contribution is -0.143. The van der Waals surface area contributed by atoms with E-state index in [4.69, 9.17) is 4.74 Å². The van der Waals surface area contributed by atoms with Crippen LogP contribution in [0.4, 0.5) is 26.3 Å². The van der Waals surface area contributed by atoms with Gasteiger partial charge >= 0.3 is 12.4 Å². The first-order valence-corrected chi connectivity index (χ1v) is 12.1. The van der Waals surface area contributed by atoms with Crippen molar-refractivity contribution in [1.29, 1.82) is 0 Å². The number of allylic oxidation sites excluding steroid dienone is 2. The molecule has 2 aliphatic rings. The van der Waals surface area contributed by atoms with E-state index in [1.807, 2.05) is 44.2 Å². The van der Waals surface area contributed by atoms with Crippen LogP contribution >= 0.6 is 0 Å². The van der Waals surface area contributed by atoms with Gasteiger partial charge in [-0.1, -0.05) is 44.2 Å². The molecule has 0 spiro atoms. The third kappa shape index (κ3) is 6.03. The van der Waals surface area contributed by atoms with Gasteiger partial charge in [-0.05, 0) is 49.1 Å². The highest BCUT2D eigenvalue weighted by molar-refractivity contribution is 5.95. The molecule has 2 aromatic rings. The smallest absolute Gasteiger partial charge is 0.371 e. The maximum atomic E-state index is 13.4. The average molecular weight is 526 g/mol. The topological polar surface area (TPSA) is 29.5 Å². The summed E-state index contributed by atoms with van der Waals surface area (Å²) in [4.78, 5) is 14.6. The van der Waals surface area contributed by atoms with Crippen molar-refractivity contribution in [2.45, 2.75) is 64.1 Å². The van der Waals surface area contributed by atoms with Crippen LogP contribution in [-0.4, -0.2) is 29.9 Å². The molecule has 1 fully saturated rings. The van der Waals surface area contributed by atoms with Crippen molar-refractivity contribution in [3.63, 3.8) is 0 Å². The fourth-order valence-corrected chi connectivity index (χ4v) is 4.95. The molecule has 37 heavy (non-hydrogen) atoms. The zero-order valence-electron chi connectivity index (χ0n) is 20.8. The van der Waals surface area contributed by atoms with Gasteiger partial charge in [0.25, 0.3) is 0 Å². The zero-order chi connectivity index (χ0) is 27.2. The van der Waals surface area contributed by atoms with Gasteiger partial charge in [0.15, 0.2) is 5.78 Å². The summed E-state index contributed by atoms with van der Waals surface area (Å²) in [6.07, 6.45) is -8.35. The lowest BCUT2D eigenvalue weighted by atomic mass is 9.78. The van der Waals surface area contributed by atoms with Gasteiger partial charge in [0.2, 0.25) is 0 Å². The number of alkyl halides is 6. The summed E-state index contributed by atoms with van der Waals surface area (Å²) in [5.74, 6) is -0.145. The van der Waals surface area contributed by atoms with Crippen molar-refractivity contribution in [1.82, 2.24) is 4.90 Å². The SMILES string of the molecule is C[C@@H](O[C@@H]1CN(C2=CC(=O)C(C)(C)CC2)C[C@H]1c1ccccc1)c1cc(C(F)(F)F)cc(C(F)(F)F)c1. The molecular weight excluding hydrogens is 496 g/mol. The number of halogens is 6. The molecule has 4 rings (SSSR count). The fraction of sp³-hybridized carbons (Fsp3) is 0.464. The Balaban J connectivity index is 1.63. The largest absolute Gasteiger partial charge is 0.416 e. The van der Waals surface area contributed by atoms with E-state index in [1.54, 1.807) is 6.08 Å². The highest BCUT2D eigenvalue weighted by Crippen LogP contribution is 2.41. The van der Waals surface area contributed by atoms with Crippen LogP contribution in [0.15, 0.2) is 60.3 Å². The number of ketones is 1. The van der Waals surface area contributed by atoms with Crippen molar-refractivity contribution >= 4 is 5.78 Å². The minimum atomic E-state index is -4.93. The maximum absolute atomic E-state index is 13.4. The lowest BCUT2D eigenvalue weighted by Crippen LogP contribution is -2.32. The number of ether oxygens (including phenoxy) is 1. The molecule has 0 radical (unpaired) electrons. The monoisotopic (exact) mass is 525 g/mol. The van der Waals surface area contributed by atoms with Gasteiger partial charge in [0.1, 0.15) is 0 Å². The number of rotatable bonds is 5. The molecule has 0 aromatic heterocycles. The van der Waals surface area contributed by atoms with Gasteiger partial charge in [0, 0.05) is 36.2 Å². The first-order valence-electron chi connectivity index (χ1n) is 12.1. The Labute approximate surface area is 212 Å². The van der Waals surface area contributed by atoms with E-state index >= 15 is 0 Å². The second-order valence-electron chi connectivity index (χ2n) is 10.5. The summed E-state index contributed by atoms with van der Waals surface area (Å²) in [5, 5.41) is 0. The van der Waals surface area contributed by atoms with Crippen molar-refractivity contribution in [2.75, 3.05) is 13.1 Å². The number of hydrogen-bond acceptors (Lipinski definition) is 3. The number of likely N-dealkylation sites (tertiary alicyclic amines) is 1. The standard InChI is InChI=1S/C28H29F6NO2/c1-17(19-11-20(27(29,30)31)13-21(12-19)28(32,33)34)37-24-16-35(15-23(24)18-7-5-4-6-8-18)22-9-10-26(2,3)25(36)14-22/h4-8,11-14,17,23-24H,9-10,15-16H2,1-3H3/t17-,23+,24-/m1/s1. The van der Waals surface area contributed by atoms with Crippen LogP contribution in [0.2, 0.25) is 0 Å².